The van der Waals surface area contributed by atoms with Crippen molar-refractivity contribution in [3.63, 3.8) is 0 Å². The minimum Gasteiger partial charge on any atom is -0.493 e. The molecular formula is C37H42F2N8O4. The van der Waals surface area contributed by atoms with Crippen LogP contribution in [-0.2, 0) is 16.9 Å². The van der Waals surface area contributed by atoms with E-state index in [-0.39, 0.29) is 17.6 Å². The summed E-state index contributed by atoms with van der Waals surface area (Å²) in [4.78, 5) is 17.7. The third kappa shape index (κ3) is 7.24. The van der Waals surface area contributed by atoms with Gasteiger partial charge in [0.15, 0.2) is 0 Å². The highest BCUT2D eigenvalue weighted by Crippen LogP contribution is 2.42. The van der Waals surface area contributed by atoms with E-state index in [9.17, 15) is 18.7 Å². The number of nitrogens with zero attached hydrogens (tertiary/aromatic N) is 8. The van der Waals surface area contributed by atoms with E-state index in [1.165, 1.54) is 27.7 Å². The van der Waals surface area contributed by atoms with E-state index in [1.807, 2.05) is 43.3 Å². The lowest BCUT2D eigenvalue weighted by Gasteiger charge is -2.37. The Morgan fingerprint density at radius 1 is 0.922 bits per heavy atom. The second kappa shape index (κ2) is 14.6. The lowest BCUT2D eigenvalue weighted by atomic mass is 9.86. The Bertz CT molecular complexity index is 1960. The normalized spacial score (nSPS) is 20.5. The number of ether oxygens (including phenoxy) is 2. The van der Waals surface area contributed by atoms with Crippen LogP contribution in [0, 0.1) is 17.6 Å². The number of hydrogen-bond donors (Lipinski definition) is 1. The van der Waals surface area contributed by atoms with Crippen molar-refractivity contribution in [2.45, 2.75) is 51.0 Å². The quantitative estimate of drug-likeness (QED) is 0.200. The van der Waals surface area contributed by atoms with Crippen LogP contribution in [0.2, 0.25) is 0 Å². The molecule has 2 saturated heterocycles. The van der Waals surface area contributed by atoms with Gasteiger partial charge in [-0.1, -0.05) is 13.0 Å². The van der Waals surface area contributed by atoms with Crippen LogP contribution in [0.1, 0.15) is 38.3 Å². The van der Waals surface area contributed by atoms with Gasteiger partial charge in [-0.15, -0.1) is 10.2 Å². The third-order valence-corrected chi connectivity index (χ3v) is 9.98. The summed E-state index contributed by atoms with van der Waals surface area (Å²) in [7, 11) is 0. The second-order valence-electron chi connectivity index (χ2n) is 13.4. The molecule has 2 fully saturated rings. The Labute approximate surface area is 294 Å². The van der Waals surface area contributed by atoms with Gasteiger partial charge in [0.1, 0.15) is 42.0 Å². The van der Waals surface area contributed by atoms with Gasteiger partial charge >= 0.3 is 5.69 Å². The first-order valence-corrected chi connectivity index (χ1v) is 17.3. The minimum atomic E-state index is -0.996. The predicted molar refractivity (Wildman–Crippen MR) is 187 cm³/mol. The summed E-state index contributed by atoms with van der Waals surface area (Å²) >= 11 is 0. The Hall–Kier alpha value is -5.08. The molecule has 268 valence electrons. The molecule has 0 saturated carbocycles. The van der Waals surface area contributed by atoms with Gasteiger partial charge in [-0.25, -0.2) is 22.8 Å². The van der Waals surface area contributed by atoms with Gasteiger partial charge in [-0.05, 0) is 74.4 Å². The molecule has 3 aromatic carbocycles. The first-order valence-electron chi connectivity index (χ1n) is 17.3. The fourth-order valence-electron chi connectivity index (χ4n) is 7.26. The van der Waals surface area contributed by atoms with Crippen LogP contribution in [0.5, 0.6) is 5.75 Å². The number of benzene rings is 3. The zero-order valence-corrected chi connectivity index (χ0v) is 28.7. The van der Waals surface area contributed by atoms with Crippen molar-refractivity contribution in [1.29, 1.82) is 0 Å². The molecule has 4 heterocycles. The standard InChI is InChI=1S/C37H42F2N8O4/c1-3-35(26(2)48)47-36(49)46(25-42-47)31-7-5-29(6-8-31)44-14-16-45(17-15-44)30-9-11-32(12-10-30)50-20-27-19-37(51-21-27,22-43-23-40-41-24-43)33-13-4-28(38)18-34(33)39/h4-13,18,23-27,35,48H,3,14-17,19-22H2,1-2H3/t26-,27+,35-,37-/m0/s1. The molecule has 4 atom stereocenters. The number of piperazine rings is 1. The first-order chi connectivity index (χ1) is 24.7. The fourth-order valence-corrected chi connectivity index (χ4v) is 7.26. The van der Waals surface area contributed by atoms with Crippen LogP contribution in [0.15, 0.2) is 90.5 Å². The summed E-state index contributed by atoms with van der Waals surface area (Å²) < 4.78 is 45.7. The maximum Gasteiger partial charge on any atom is 0.350 e. The topological polar surface area (TPSA) is 116 Å². The van der Waals surface area contributed by atoms with Crippen molar-refractivity contribution < 1.29 is 23.4 Å². The van der Waals surface area contributed by atoms with Crippen LogP contribution in [0.4, 0.5) is 20.2 Å². The average Bonchev–Trinajstić information content (AvgIpc) is 3.90. The molecule has 0 spiro atoms. The molecule has 0 aliphatic carbocycles. The largest absolute Gasteiger partial charge is 0.493 e. The van der Waals surface area contributed by atoms with E-state index >= 15 is 0 Å². The lowest BCUT2D eigenvalue weighted by Crippen LogP contribution is -2.46. The van der Waals surface area contributed by atoms with E-state index in [4.69, 9.17) is 9.47 Å². The van der Waals surface area contributed by atoms with Crippen molar-refractivity contribution in [3.8, 4) is 11.4 Å². The molecule has 0 bridgehead atoms. The molecule has 0 amide bonds. The molecule has 5 aromatic rings. The van der Waals surface area contributed by atoms with Crippen LogP contribution < -0.4 is 20.2 Å². The smallest absolute Gasteiger partial charge is 0.350 e. The van der Waals surface area contributed by atoms with Crippen molar-refractivity contribution in [2.24, 2.45) is 5.92 Å². The number of rotatable bonds is 12. The summed E-state index contributed by atoms with van der Waals surface area (Å²) in [5.41, 5.74) is 1.96. The Balaban J connectivity index is 0.923. The van der Waals surface area contributed by atoms with Gasteiger partial charge in [0.25, 0.3) is 0 Å². The van der Waals surface area contributed by atoms with Crippen molar-refractivity contribution in [1.82, 2.24) is 29.1 Å². The van der Waals surface area contributed by atoms with E-state index in [0.29, 0.717) is 38.2 Å². The molecule has 0 radical (unpaired) electrons. The Kier molecular flexibility index (Phi) is 9.87. The third-order valence-electron chi connectivity index (χ3n) is 9.98. The average molecular weight is 701 g/mol. The van der Waals surface area contributed by atoms with Gasteiger partial charge in [-0.2, -0.15) is 5.10 Å². The monoisotopic (exact) mass is 700 g/mol. The molecule has 14 heteroatoms. The number of aliphatic hydroxyl groups is 1. The van der Waals surface area contributed by atoms with Gasteiger partial charge < -0.3 is 28.9 Å². The molecule has 7 rings (SSSR count). The second-order valence-corrected chi connectivity index (χ2v) is 13.4. The predicted octanol–water partition coefficient (Wildman–Crippen LogP) is 4.57. The van der Waals surface area contributed by atoms with Crippen molar-refractivity contribution >= 4 is 11.4 Å². The number of aromatic nitrogens is 6. The van der Waals surface area contributed by atoms with E-state index < -0.39 is 23.3 Å². The number of hydrogen-bond acceptors (Lipinski definition) is 9. The van der Waals surface area contributed by atoms with E-state index in [2.05, 4.69) is 37.2 Å². The van der Waals surface area contributed by atoms with Gasteiger partial charge in [0.2, 0.25) is 0 Å². The fraction of sp³-hybridized carbons (Fsp3) is 0.405. The zero-order chi connectivity index (χ0) is 35.5. The highest BCUT2D eigenvalue weighted by molar-refractivity contribution is 5.54. The Morgan fingerprint density at radius 3 is 2.16 bits per heavy atom. The summed E-state index contributed by atoms with van der Waals surface area (Å²) in [6.07, 6.45) is 5.04. The van der Waals surface area contributed by atoms with E-state index in [0.717, 1.165) is 55.1 Å². The highest BCUT2D eigenvalue weighted by Gasteiger charge is 2.44. The Morgan fingerprint density at radius 2 is 1.55 bits per heavy atom. The molecule has 2 aliphatic rings. The maximum absolute atomic E-state index is 15.0. The number of halogens is 2. The molecule has 1 N–H and O–H groups in total. The lowest BCUT2D eigenvalue weighted by molar-refractivity contribution is -0.0181. The molecular weight excluding hydrogens is 658 g/mol. The van der Waals surface area contributed by atoms with Crippen molar-refractivity contribution in [3.05, 3.63) is 113 Å². The molecule has 2 aliphatic heterocycles. The highest BCUT2D eigenvalue weighted by atomic mass is 19.1. The minimum absolute atomic E-state index is 0.00471. The SMILES string of the molecule is CC[C@@H]([C@H](C)O)n1ncn(-c2ccc(N3CCN(c4ccc(OC[C@@H]5CO[C@@](Cn6cnnc6)(c6ccc(F)cc6F)C5)cc4)CC3)cc2)c1=O. The number of anilines is 2. The maximum atomic E-state index is 15.0. The molecule has 0 unspecified atom stereocenters. The summed E-state index contributed by atoms with van der Waals surface area (Å²) in [5, 5.41) is 22.0. The van der Waals surface area contributed by atoms with Crippen molar-refractivity contribution in [2.75, 3.05) is 49.2 Å². The van der Waals surface area contributed by atoms with Crippen LogP contribution in [0.25, 0.3) is 5.69 Å². The van der Waals surface area contributed by atoms with Gasteiger partial charge in [0, 0.05) is 55.1 Å². The van der Waals surface area contributed by atoms with Crippen LogP contribution >= 0.6 is 0 Å². The summed E-state index contributed by atoms with van der Waals surface area (Å²) in [6.45, 7) is 8.03. The van der Waals surface area contributed by atoms with Crippen LogP contribution in [0.3, 0.4) is 0 Å². The molecule has 51 heavy (non-hydrogen) atoms. The van der Waals surface area contributed by atoms with E-state index in [1.54, 1.807) is 24.1 Å². The van der Waals surface area contributed by atoms with Crippen LogP contribution in [-0.4, -0.2) is 79.7 Å². The van der Waals surface area contributed by atoms with Gasteiger partial charge in [0.05, 0.1) is 37.6 Å². The first kappa shape index (κ1) is 34.4. The zero-order valence-electron chi connectivity index (χ0n) is 28.7. The summed E-state index contributed by atoms with van der Waals surface area (Å²) in [5.74, 6) is -0.542. The molecule has 2 aromatic heterocycles. The van der Waals surface area contributed by atoms with Gasteiger partial charge in [-0.3, -0.25) is 0 Å². The molecule has 12 nitrogen and oxygen atoms in total. The number of aliphatic hydroxyl groups excluding tert-OH is 1. The summed E-state index contributed by atoms with van der Waals surface area (Å²) in [6, 6.07) is 19.2.